The van der Waals surface area contributed by atoms with E-state index in [4.69, 9.17) is 0 Å². The first-order valence-corrected chi connectivity index (χ1v) is 11.4. The number of hydrogen-bond acceptors (Lipinski definition) is 4. The second kappa shape index (κ2) is 11.4. The standard InChI is InChI=1S/C12H9BrF2N2O2.C12H10F2N2O2/c1-6-10(13)11(18)16-12(19)17(6)5-7-8(14)3-2-4-9(7)15;1-7-5-11(17)15-12(18)16(7)6-8-9(13)3-2-4-10(8)14/h2-4H,5H2,1H3,(H,16,18,19);2-5H,6H2,1H3,(H,15,17,18). The van der Waals surface area contributed by atoms with Gasteiger partial charge in [0.15, 0.2) is 0 Å². The number of hydrogen-bond donors (Lipinski definition) is 2. The zero-order valence-electron chi connectivity index (χ0n) is 19.4. The van der Waals surface area contributed by atoms with Crippen LogP contribution in [-0.2, 0) is 13.1 Å². The second-order valence-electron chi connectivity index (χ2n) is 7.81. The number of nitrogens with one attached hydrogen (secondary N) is 2. The quantitative estimate of drug-likeness (QED) is 0.360. The predicted octanol–water partition coefficient (Wildman–Crippen LogP) is 3.11. The van der Waals surface area contributed by atoms with Crippen LogP contribution < -0.4 is 22.5 Å². The molecule has 0 unspecified atom stereocenters. The third-order valence-corrected chi connectivity index (χ3v) is 6.32. The Morgan fingerprint density at radius 2 is 1.16 bits per heavy atom. The Bertz CT molecular complexity index is 1670. The van der Waals surface area contributed by atoms with Crippen molar-refractivity contribution in [3.8, 4) is 0 Å². The molecule has 2 aromatic carbocycles. The molecule has 0 fully saturated rings. The second-order valence-corrected chi connectivity index (χ2v) is 8.60. The fourth-order valence-electron chi connectivity index (χ4n) is 3.36. The van der Waals surface area contributed by atoms with E-state index in [0.717, 1.165) is 33.4 Å². The summed E-state index contributed by atoms with van der Waals surface area (Å²) in [4.78, 5) is 49.7. The SMILES string of the molecule is Cc1c(Br)c(=O)[nH]c(=O)n1Cc1c(F)cccc1F.Cc1cc(=O)[nH]c(=O)n1Cc1c(F)cccc1F. The number of rotatable bonds is 4. The Kier molecular flexibility index (Phi) is 8.48. The first kappa shape index (κ1) is 27.6. The zero-order chi connectivity index (χ0) is 27.4. The summed E-state index contributed by atoms with van der Waals surface area (Å²) in [5, 5.41) is 0. The van der Waals surface area contributed by atoms with Gasteiger partial charge in [-0.25, -0.2) is 27.2 Å². The van der Waals surface area contributed by atoms with Crippen molar-refractivity contribution in [2.75, 3.05) is 0 Å². The number of aromatic amines is 2. The molecule has 37 heavy (non-hydrogen) atoms. The Hall–Kier alpha value is -4.00. The maximum absolute atomic E-state index is 13.5. The van der Waals surface area contributed by atoms with E-state index < -0.39 is 45.8 Å². The summed E-state index contributed by atoms with van der Waals surface area (Å²) in [7, 11) is 0. The smallest absolute Gasteiger partial charge is 0.293 e. The molecule has 0 saturated carbocycles. The molecule has 0 spiro atoms. The average Bonchev–Trinajstić information content (AvgIpc) is 2.81. The van der Waals surface area contributed by atoms with Gasteiger partial charge in [0.2, 0.25) is 0 Å². The van der Waals surface area contributed by atoms with Crippen molar-refractivity contribution in [1.29, 1.82) is 0 Å². The molecular formula is C24H19BrF4N4O4. The molecule has 0 amide bonds. The molecule has 0 aliphatic carbocycles. The van der Waals surface area contributed by atoms with Crippen molar-refractivity contribution in [2.45, 2.75) is 26.9 Å². The van der Waals surface area contributed by atoms with Gasteiger partial charge in [-0.2, -0.15) is 0 Å². The van der Waals surface area contributed by atoms with Crippen LogP contribution in [0.25, 0.3) is 0 Å². The maximum atomic E-state index is 13.5. The van der Waals surface area contributed by atoms with E-state index in [-0.39, 0.29) is 28.7 Å². The molecule has 0 radical (unpaired) electrons. The van der Waals surface area contributed by atoms with E-state index in [9.17, 15) is 36.7 Å². The molecule has 0 atom stereocenters. The molecule has 2 aromatic heterocycles. The molecule has 13 heteroatoms. The van der Waals surface area contributed by atoms with E-state index in [0.29, 0.717) is 11.4 Å². The average molecular weight is 583 g/mol. The number of aromatic nitrogens is 4. The molecular weight excluding hydrogens is 564 g/mol. The van der Waals surface area contributed by atoms with E-state index in [1.165, 1.54) is 32.0 Å². The van der Waals surface area contributed by atoms with E-state index in [2.05, 4.69) is 20.9 Å². The summed E-state index contributed by atoms with van der Waals surface area (Å²) in [5.74, 6) is -2.94. The van der Waals surface area contributed by atoms with Crippen LogP contribution in [-0.4, -0.2) is 19.1 Å². The highest BCUT2D eigenvalue weighted by atomic mass is 79.9. The lowest BCUT2D eigenvalue weighted by atomic mass is 10.2. The zero-order valence-corrected chi connectivity index (χ0v) is 21.0. The molecule has 4 rings (SSSR count). The number of benzene rings is 2. The highest BCUT2D eigenvalue weighted by Gasteiger charge is 2.14. The first-order chi connectivity index (χ1) is 17.4. The van der Waals surface area contributed by atoms with Crippen molar-refractivity contribution in [3.63, 3.8) is 0 Å². The minimum absolute atomic E-state index is 0.156. The minimum atomic E-state index is -0.742. The topological polar surface area (TPSA) is 110 Å². The third-order valence-electron chi connectivity index (χ3n) is 5.38. The normalized spacial score (nSPS) is 10.7. The number of aryl methyl sites for hydroxylation is 1. The number of halogens is 5. The molecule has 2 N–H and O–H groups in total. The van der Waals surface area contributed by atoms with Gasteiger partial charge in [0.25, 0.3) is 11.1 Å². The van der Waals surface area contributed by atoms with Crippen LogP contribution in [0.5, 0.6) is 0 Å². The lowest BCUT2D eigenvalue weighted by Crippen LogP contribution is -2.33. The highest BCUT2D eigenvalue weighted by molar-refractivity contribution is 9.10. The number of H-pyrrole nitrogens is 2. The summed E-state index contributed by atoms with van der Waals surface area (Å²) in [6.07, 6.45) is 0. The highest BCUT2D eigenvalue weighted by Crippen LogP contribution is 2.16. The van der Waals surface area contributed by atoms with Crippen LogP contribution in [0.15, 0.2) is 66.1 Å². The summed E-state index contributed by atoms with van der Waals surface area (Å²) < 4.78 is 56.3. The van der Waals surface area contributed by atoms with E-state index in [1.807, 2.05) is 4.98 Å². The monoisotopic (exact) mass is 582 g/mol. The first-order valence-electron chi connectivity index (χ1n) is 10.6. The molecule has 0 saturated heterocycles. The van der Waals surface area contributed by atoms with Gasteiger partial charge in [-0.1, -0.05) is 12.1 Å². The van der Waals surface area contributed by atoms with Gasteiger partial charge in [0.1, 0.15) is 27.7 Å². The summed E-state index contributed by atoms with van der Waals surface area (Å²) in [5.41, 5.74) is -2.32. The Balaban J connectivity index is 0.000000206. The molecule has 4 aromatic rings. The maximum Gasteiger partial charge on any atom is 0.328 e. The fraction of sp³-hybridized carbons (Fsp3) is 0.167. The van der Waals surface area contributed by atoms with Crippen LogP contribution in [0.1, 0.15) is 22.5 Å². The third kappa shape index (κ3) is 6.23. The lowest BCUT2D eigenvalue weighted by Gasteiger charge is -2.11. The van der Waals surface area contributed by atoms with E-state index in [1.54, 1.807) is 0 Å². The number of nitrogens with zero attached hydrogens (tertiary/aromatic N) is 2. The van der Waals surface area contributed by atoms with Crippen molar-refractivity contribution < 1.29 is 17.6 Å². The van der Waals surface area contributed by atoms with Gasteiger partial charge in [-0.05, 0) is 54.0 Å². The Labute approximate surface area is 214 Å². The largest absolute Gasteiger partial charge is 0.328 e. The Morgan fingerprint density at radius 3 is 1.62 bits per heavy atom. The molecule has 2 heterocycles. The van der Waals surface area contributed by atoms with E-state index >= 15 is 0 Å². The molecule has 8 nitrogen and oxygen atoms in total. The predicted molar refractivity (Wildman–Crippen MR) is 131 cm³/mol. The van der Waals surface area contributed by atoms with Crippen molar-refractivity contribution in [3.05, 3.63) is 134 Å². The molecule has 194 valence electrons. The van der Waals surface area contributed by atoms with Gasteiger partial charge in [0, 0.05) is 28.6 Å². The van der Waals surface area contributed by atoms with Crippen LogP contribution in [0.3, 0.4) is 0 Å². The summed E-state index contributed by atoms with van der Waals surface area (Å²) in [6.45, 7) is 2.48. The summed E-state index contributed by atoms with van der Waals surface area (Å²) >= 11 is 3.02. The van der Waals surface area contributed by atoms with Gasteiger partial charge < -0.3 is 0 Å². The van der Waals surface area contributed by atoms with Crippen molar-refractivity contribution in [1.82, 2.24) is 19.1 Å². The van der Waals surface area contributed by atoms with Crippen molar-refractivity contribution in [2.24, 2.45) is 0 Å². The van der Waals surface area contributed by atoms with Crippen LogP contribution >= 0.6 is 15.9 Å². The van der Waals surface area contributed by atoms with Gasteiger partial charge in [0.05, 0.1) is 13.1 Å². The minimum Gasteiger partial charge on any atom is -0.293 e. The summed E-state index contributed by atoms with van der Waals surface area (Å²) in [6, 6.07) is 8.14. The van der Waals surface area contributed by atoms with Crippen LogP contribution in [0.2, 0.25) is 0 Å². The van der Waals surface area contributed by atoms with Crippen LogP contribution in [0.4, 0.5) is 17.6 Å². The van der Waals surface area contributed by atoms with Gasteiger partial charge >= 0.3 is 11.4 Å². The van der Waals surface area contributed by atoms with Crippen molar-refractivity contribution >= 4 is 15.9 Å². The molecule has 0 bridgehead atoms. The van der Waals surface area contributed by atoms with Crippen LogP contribution in [0, 0.1) is 37.1 Å². The van der Waals surface area contributed by atoms with Gasteiger partial charge in [-0.3, -0.25) is 28.7 Å². The van der Waals surface area contributed by atoms with Gasteiger partial charge in [-0.15, -0.1) is 0 Å². The Morgan fingerprint density at radius 1 is 0.730 bits per heavy atom. The fourth-order valence-corrected chi connectivity index (χ4v) is 3.67. The molecule has 0 aliphatic heterocycles. The lowest BCUT2D eigenvalue weighted by molar-refractivity contribution is 0.535. The molecule has 0 aliphatic rings.